The summed E-state index contributed by atoms with van der Waals surface area (Å²) in [5.74, 6) is -0.152. The lowest BCUT2D eigenvalue weighted by molar-refractivity contribution is 0.0952. The second kappa shape index (κ2) is 11.2. The minimum atomic E-state index is -0.152. The fraction of sp³-hybridized carbons (Fsp3) is 0.357. The first kappa shape index (κ1) is 24.5. The molecule has 1 aromatic carbocycles. The van der Waals surface area contributed by atoms with Gasteiger partial charge in [0.25, 0.3) is 5.91 Å². The van der Waals surface area contributed by atoms with Crippen molar-refractivity contribution < 1.29 is 4.79 Å². The number of carbonyl (C=O) groups is 1. The number of rotatable bonds is 10. The molecule has 3 aromatic heterocycles. The SMILES string of the molecule is CCCCN(C)Cc1cccc(-c2cc(C(=O)NCc3cccnc3)c3cnn(C(C)C)c3n2)c1. The van der Waals surface area contributed by atoms with Gasteiger partial charge in [-0.2, -0.15) is 5.10 Å². The number of benzene rings is 1. The van der Waals surface area contributed by atoms with E-state index in [1.807, 2.05) is 22.9 Å². The Balaban J connectivity index is 1.68. The first-order chi connectivity index (χ1) is 17.0. The number of fused-ring (bicyclic) bond motifs is 1. The van der Waals surface area contributed by atoms with E-state index in [-0.39, 0.29) is 11.9 Å². The lowest BCUT2D eigenvalue weighted by atomic mass is 10.0. The second-order valence-electron chi connectivity index (χ2n) is 9.31. The van der Waals surface area contributed by atoms with Crippen LogP contribution >= 0.6 is 0 Å². The van der Waals surface area contributed by atoms with Gasteiger partial charge in [0, 0.05) is 37.1 Å². The van der Waals surface area contributed by atoms with E-state index in [1.165, 1.54) is 18.4 Å². The summed E-state index contributed by atoms with van der Waals surface area (Å²) in [6.07, 6.45) is 7.59. The molecule has 35 heavy (non-hydrogen) atoms. The van der Waals surface area contributed by atoms with Crippen LogP contribution in [0.2, 0.25) is 0 Å². The summed E-state index contributed by atoms with van der Waals surface area (Å²) in [4.78, 5) is 24.7. The van der Waals surface area contributed by atoms with Crippen molar-refractivity contribution in [2.75, 3.05) is 13.6 Å². The van der Waals surface area contributed by atoms with Gasteiger partial charge in [-0.3, -0.25) is 9.78 Å². The molecule has 1 N–H and O–H groups in total. The van der Waals surface area contributed by atoms with E-state index in [9.17, 15) is 4.79 Å². The Labute approximate surface area is 207 Å². The topological polar surface area (TPSA) is 75.9 Å². The predicted molar refractivity (Wildman–Crippen MR) is 140 cm³/mol. The number of carbonyl (C=O) groups excluding carboxylic acids is 1. The minimum Gasteiger partial charge on any atom is -0.348 e. The molecule has 0 aliphatic carbocycles. The van der Waals surface area contributed by atoms with Crippen molar-refractivity contribution in [2.24, 2.45) is 0 Å². The van der Waals surface area contributed by atoms with E-state index >= 15 is 0 Å². The molecule has 0 radical (unpaired) electrons. The van der Waals surface area contributed by atoms with Crippen LogP contribution in [0.3, 0.4) is 0 Å². The minimum absolute atomic E-state index is 0.125. The number of amides is 1. The van der Waals surface area contributed by atoms with Crippen molar-refractivity contribution in [3.05, 3.63) is 77.7 Å². The van der Waals surface area contributed by atoms with E-state index in [1.54, 1.807) is 18.6 Å². The number of unbranched alkanes of at least 4 members (excludes halogenated alkanes) is 1. The number of nitrogens with zero attached hydrogens (tertiary/aromatic N) is 5. The van der Waals surface area contributed by atoms with Gasteiger partial charge in [0.15, 0.2) is 5.65 Å². The van der Waals surface area contributed by atoms with Gasteiger partial charge in [-0.1, -0.05) is 37.6 Å². The van der Waals surface area contributed by atoms with Crippen LogP contribution in [-0.2, 0) is 13.1 Å². The van der Waals surface area contributed by atoms with E-state index < -0.39 is 0 Å². The van der Waals surface area contributed by atoms with Crippen molar-refractivity contribution in [1.29, 1.82) is 0 Å². The molecular formula is C28H34N6O. The van der Waals surface area contributed by atoms with Crippen molar-refractivity contribution >= 4 is 16.9 Å². The predicted octanol–water partition coefficient (Wildman–Crippen LogP) is 5.24. The molecule has 4 rings (SSSR count). The molecule has 3 heterocycles. The van der Waals surface area contributed by atoms with Gasteiger partial charge in [0.2, 0.25) is 0 Å². The highest BCUT2D eigenvalue weighted by Gasteiger charge is 2.19. The largest absolute Gasteiger partial charge is 0.348 e. The number of aromatic nitrogens is 4. The fourth-order valence-corrected chi connectivity index (χ4v) is 4.16. The van der Waals surface area contributed by atoms with E-state index in [4.69, 9.17) is 4.98 Å². The first-order valence-corrected chi connectivity index (χ1v) is 12.3. The number of hydrogen-bond donors (Lipinski definition) is 1. The molecule has 0 bridgehead atoms. The normalized spacial score (nSPS) is 11.5. The number of pyridine rings is 2. The van der Waals surface area contributed by atoms with Crippen LogP contribution < -0.4 is 5.32 Å². The second-order valence-corrected chi connectivity index (χ2v) is 9.31. The van der Waals surface area contributed by atoms with E-state index in [2.05, 4.69) is 72.4 Å². The summed E-state index contributed by atoms with van der Waals surface area (Å²) in [6, 6.07) is 14.2. The third-order valence-electron chi connectivity index (χ3n) is 6.04. The van der Waals surface area contributed by atoms with Crippen LogP contribution in [-0.4, -0.2) is 44.1 Å². The summed E-state index contributed by atoms with van der Waals surface area (Å²) in [5, 5.41) is 8.32. The smallest absolute Gasteiger partial charge is 0.252 e. The third-order valence-corrected chi connectivity index (χ3v) is 6.04. The van der Waals surface area contributed by atoms with Crippen LogP contribution in [0.25, 0.3) is 22.3 Å². The Bertz CT molecular complexity index is 1280. The van der Waals surface area contributed by atoms with Crippen LogP contribution in [0.1, 0.15) is 61.1 Å². The van der Waals surface area contributed by atoms with Gasteiger partial charge >= 0.3 is 0 Å². The molecule has 0 saturated heterocycles. The lowest BCUT2D eigenvalue weighted by Crippen LogP contribution is -2.23. The molecule has 0 unspecified atom stereocenters. The van der Waals surface area contributed by atoms with Gasteiger partial charge in [-0.25, -0.2) is 9.67 Å². The molecule has 0 aliphatic heterocycles. The van der Waals surface area contributed by atoms with Gasteiger partial charge in [0.1, 0.15) is 0 Å². The van der Waals surface area contributed by atoms with E-state index in [0.29, 0.717) is 12.1 Å². The zero-order chi connectivity index (χ0) is 24.8. The quantitative estimate of drug-likeness (QED) is 0.343. The standard InChI is InChI=1S/C28H34N6O/c1-5-6-13-33(4)19-21-9-7-11-23(14-21)26-15-24(25-18-31-34(20(2)3)27(25)32-26)28(35)30-17-22-10-8-12-29-16-22/h7-12,14-16,18,20H,5-6,13,17,19H2,1-4H3,(H,30,35). The summed E-state index contributed by atoms with van der Waals surface area (Å²) >= 11 is 0. The van der Waals surface area contributed by atoms with Crippen LogP contribution in [0.15, 0.2) is 61.1 Å². The van der Waals surface area contributed by atoms with Crippen molar-refractivity contribution in [3.63, 3.8) is 0 Å². The van der Waals surface area contributed by atoms with Gasteiger partial charge in [-0.05, 0) is 63.2 Å². The van der Waals surface area contributed by atoms with Gasteiger partial charge in [0.05, 0.1) is 22.8 Å². The zero-order valence-electron chi connectivity index (χ0n) is 21.0. The summed E-state index contributed by atoms with van der Waals surface area (Å²) in [5.41, 5.74) is 5.23. The summed E-state index contributed by atoms with van der Waals surface area (Å²) in [6.45, 7) is 8.69. The molecule has 4 aromatic rings. The van der Waals surface area contributed by atoms with Crippen molar-refractivity contribution in [1.82, 2.24) is 30.0 Å². The molecule has 0 aliphatic rings. The molecule has 1 amide bonds. The lowest BCUT2D eigenvalue weighted by Gasteiger charge is -2.17. The maximum absolute atomic E-state index is 13.3. The maximum atomic E-state index is 13.3. The summed E-state index contributed by atoms with van der Waals surface area (Å²) in [7, 11) is 2.15. The molecule has 182 valence electrons. The summed E-state index contributed by atoms with van der Waals surface area (Å²) < 4.78 is 1.87. The highest BCUT2D eigenvalue weighted by Crippen LogP contribution is 2.27. The average molecular weight is 471 g/mol. The molecule has 0 spiro atoms. The van der Waals surface area contributed by atoms with Crippen LogP contribution in [0, 0.1) is 0 Å². The average Bonchev–Trinajstić information content (AvgIpc) is 3.31. The van der Waals surface area contributed by atoms with Crippen molar-refractivity contribution in [2.45, 2.75) is 52.7 Å². The molecule has 0 fully saturated rings. The number of nitrogens with one attached hydrogen (secondary N) is 1. The molecule has 7 heteroatoms. The fourth-order valence-electron chi connectivity index (χ4n) is 4.16. The van der Waals surface area contributed by atoms with Gasteiger partial charge in [-0.15, -0.1) is 0 Å². The monoisotopic (exact) mass is 470 g/mol. The Morgan fingerprint density at radius 1 is 1.11 bits per heavy atom. The molecule has 0 atom stereocenters. The zero-order valence-corrected chi connectivity index (χ0v) is 21.0. The van der Waals surface area contributed by atoms with Crippen LogP contribution in [0.5, 0.6) is 0 Å². The highest BCUT2D eigenvalue weighted by atomic mass is 16.1. The van der Waals surface area contributed by atoms with Crippen LogP contribution in [0.4, 0.5) is 0 Å². The Hall–Kier alpha value is -3.58. The highest BCUT2D eigenvalue weighted by molar-refractivity contribution is 6.06. The van der Waals surface area contributed by atoms with Crippen molar-refractivity contribution in [3.8, 4) is 11.3 Å². The Morgan fingerprint density at radius 2 is 1.94 bits per heavy atom. The van der Waals surface area contributed by atoms with Gasteiger partial charge < -0.3 is 10.2 Å². The molecule has 7 nitrogen and oxygen atoms in total. The molecular weight excluding hydrogens is 436 g/mol. The Morgan fingerprint density at radius 3 is 2.69 bits per heavy atom. The third kappa shape index (κ3) is 5.92. The number of hydrogen-bond acceptors (Lipinski definition) is 5. The van der Waals surface area contributed by atoms with E-state index in [0.717, 1.165) is 40.9 Å². The maximum Gasteiger partial charge on any atom is 0.252 e. The Kier molecular flexibility index (Phi) is 7.87. The first-order valence-electron chi connectivity index (χ1n) is 12.3. The molecule has 0 saturated carbocycles.